The van der Waals surface area contributed by atoms with Gasteiger partial charge in [0.2, 0.25) is 0 Å². The Morgan fingerprint density at radius 3 is 2.27 bits per heavy atom. The fourth-order valence-corrected chi connectivity index (χ4v) is 3.46. The lowest BCUT2D eigenvalue weighted by Gasteiger charge is -2.25. The largest absolute Gasteiger partial charge is 0.508 e. The van der Waals surface area contributed by atoms with Crippen molar-refractivity contribution in [3.63, 3.8) is 0 Å². The van der Waals surface area contributed by atoms with Crippen LogP contribution >= 0.6 is 0 Å². The van der Waals surface area contributed by atoms with Gasteiger partial charge >= 0.3 is 0 Å². The predicted molar refractivity (Wildman–Crippen MR) is 121 cm³/mol. The number of benzene rings is 2. The van der Waals surface area contributed by atoms with Crippen molar-refractivity contribution in [2.24, 2.45) is 5.92 Å². The normalized spacial score (nSPS) is 14.7. The number of aromatic hydroxyl groups is 1. The SMILES string of the molecule is C=C[C@H]([C@H](O)CC/C(=C/c1ccc(O)cc1)c1ccccn1)[C@H](O)c1ccccc1. The van der Waals surface area contributed by atoms with E-state index in [-0.39, 0.29) is 5.75 Å². The first-order valence-corrected chi connectivity index (χ1v) is 10.0. The van der Waals surface area contributed by atoms with Crippen molar-refractivity contribution in [2.45, 2.75) is 25.0 Å². The summed E-state index contributed by atoms with van der Waals surface area (Å²) in [6, 6.07) is 22.0. The molecule has 3 aromatic rings. The Balaban J connectivity index is 1.77. The fourth-order valence-electron chi connectivity index (χ4n) is 3.46. The van der Waals surface area contributed by atoms with Crippen molar-refractivity contribution in [3.8, 4) is 5.75 Å². The number of aliphatic hydroxyl groups is 2. The van der Waals surface area contributed by atoms with Crippen LogP contribution in [0.2, 0.25) is 0 Å². The van der Waals surface area contributed by atoms with Crippen molar-refractivity contribution >= 4 is 11.6 Å². The Kier molecular flexibility index (Phi) is 7.55. The number of aromatic nitrogens is 1. The van der Waals surface area contributed by atoms with E-state index in [9.17, 15) is 15.3 Å². The number of phenolic OH excluding ortho intramolecular Hbond substituents is 1. The molecule has 4 nitrogen and oxygen atoms in total. The van der Waals surface area contributed by atoms with Crippen LogP contribution in [0.1, 0.15) is 35.8 Å². The van der Waals surface area contributed by atoms with Crippen LogP contribution < -0.4 is 0 Å². The third kappa shape index (κ3) is 5.66. The van der Waals surface area contributed by atoms with Gasteiger partial charge in [-0.05, 0) is 59.9 Å². The van der Waals surface area contributed by atoms with E-state index in [1.807, 2.05) is 66.7 Å². The minimum atomic E-state index is -0.821. The van der Waals surface area contributed by atoms with E-state index in [1.54, 1.807) is 24.4 Å². The predicted octanol–water partition coefficient (Wildman–Crippen LogP) is 5.00. The summed E-state index contributed by atoms with van der Waals surface area (Å²) in [6.07, 6.45) is 4.80. The van der Waals surface area contributed by atoms with Crippen LogP contribution in [0.25, 0.3) is 11.6 Å². The first kappa shape index (κ1) is 21.5. The molecule has 0 radical (unpaired) electrons. The number of phenols is 1. The molecule has 0 aliphatic heterocycles. The van der Waals surface area contributed by atoms with Crippen molar-refractivity contribution in [2.75, 3.05) is 0 Å². The molecular formula is C26H27NO3. The Labute approximate surface area is 177 Å². The minimum Gasteiger partial charge on any atom is -0.508 e. The summed E-state index contributed by atoms with van der Waals surface area (Å²) in [5, 5.41) is 31.1. The second kappa shape index (κ2) is 10.5. The highest BCUT2D eigenvalue weighted by Gasteiger charge is 2.25. The highest BCUT2D eigenvalue weighted by atomic mass is 16.3. The topological polar surface area (TPSA) is 73.6 Å². The average Bonchev–Trinajstić information content (AvgIpc) is 2.79. The molecule has 0 fully saturated rings. The van der Waals surface area contributed by atoms with Gasteiger partial charge in [0.1, 0.15) is 5.75 Å². The van der Waals surface area contributed by atoms with Crippen molar-refractivity contribution in [3.05, 3.63) is 108 Å². The molecule has 3 N–H and O–H groups in total. The molecule has 1 aromatic heterocycles. The lowest BCUT2D eigenvalue weighted by molar-refractivity contribution is 0.0325. The third-order valence-electron chi connectivity index (χ3n) is 5.16. The molecule has 0 saturated carbocycles. The van der Waals surface area contributed by atoms with E-state index < -0.39 is 18.1 Å². The van der Waals surface area contributed by atoms with Gasteiger partial charge in [-0.2, -0.15) is 0 Å². The number of pyridine rings is 1. The van der Waals surface area contributed by atoms with Gasteiger partial charge in [-0.15, -0.1) is 6.58 Å². The van der Waals surface area contributed by atoms with E-state index in [2.05, 4.69) is 11.6 Å². The highest BCUT2D eigenvalue weighted by Crippen LogP contribution is 2.30. The maximum absolute atomic E-state index is 10.8. The summed E-state index contributed by atoms with van der Waals surface area (Å²) in [5.41, 5.74) is 3.49. The Morgan fingerprint density at radius 1 is 0.933 bits per heavy atom. The van der Waals surface area contributed by atoms with Gasteiger partial charge in [-0.3, -0.25) is 4.98 Å². The number of aliphatic hydroxyl groups excluding tert-OH is 2. The van der Waals surface area contributed by atoms with E-state index in [4.69, 9.17) is 0 Å². The first-order valence-electron chi connectivity index (χ1n) is 10.0. The molecule has 0 spiro atoms. The fraction of sp³-hybridized carbons (Fsp3) is 0.192. The van der Waals surface area contributed by atoms with Crippen LogP contribution in [0.3, 0.4) is 0 Å². The minimum absolute atomic E-state index is 0.214. The smallest absolute Gasteiger partial charge is 0.115 e. The molecule has 154 valence electrons. The van der Waals surface area contributed by atoms with Crippen LogP contribution in [0.5, 0.6) is 5.75 Å². The van der Waals surface area contributed by atoms with Gasteiger partial charge in [0.05, 0.1) is 17.9 Å². The van der Waals surface area contributed by atoms with Gasteiger partial charge in [-0.1, -0.05) is 54.6 Å². The summed E-state index contributed by atoms with van der Waals surface area (Å²) in [7, 11) is 0. The average molecular weight is 402 g/mol. The van der Waals surface area contributed by atoms with E-state index in [0.717, 1.165) is 22.4 Å². The van der Waals surface area contributed by atoms with Gasteiger partial charge in [0.15, 0.2) is 0 Å². The number of hydrogen-bond donors (Lipinski definition) is 3. The van der Waals surface area contributed by atoms with E-state index in [0.29, 0.717) is 12.8 Å². The first-order chi connectivity index (χ1) is 14.6. The molecule has 1 heterocycles. The highest BCUT2D eigenvalue weighted by molar-refractivity contribution is 5.80. The second-order valence-corrected chi connectivity index (χ2v) is 7.25. The van der Waals surface area contributed by atoms with E-state index >= 15 is 0 Å². The molecule has 0 saturated heterocycles. The number of rotatable bonds is 9. The second-order valence-electron chi connectivity index (χ2n) is 7.25. The molecule has 4 heteroatoms. The molecule has 2 aromatic carbocycles. The summed E-state index contributed by atoms with van der Waals surface area (Å²) in [5.74, 6) is -0.267. The Hall–Kier alpha value is -3.21. The maximum atomic E-state index is 10.8. The van der Waals surface area contributed by atoms with Crippen LogP contribution in [0.4, 0.5) is 0 Å². The molecule has 3 rings (SSSR count). The molecular weight excluding hydrogens is 374 g/mol. The van der Waals surface area contributed by atoms with E-state index in [1.165, 1.54) is 0 Å². The molecule has 0 amide bonds. The summed E-state index contributed by atoms with van der Waals surface area (Å²) in [6.45, 7) is 3.82. The number of allylic oxidation sites excluding steroid dienone is 1. The van der Waals surface area contributed by atoms with Crippen LogP contribution in [0.15, 0.2) is 91.6 Å². The molecule has 0 unspecified atom stereocenters. The van der Waals surface area contributed by atoms with Gasteiger partial charge < -0.3 is 15.3 Å². The molecule has 0 bridgehead atoms. The zero-order chi connectivity index (χ0) is 21.3. The number of hydrogen-bond acceptors (Lipinski definition) is 4. The Bertz CT molecular complexity index is 953. The summed E-state index contributed by atoms with van der Waals surface area (Å²) in [4.78, 5) is 4.45. The number of nitrogens with zero attached hydrogens (tertiary/aromatic N) is 1. The van der Waals surface area contributed by atoms with Gasteiger partial charge in [0, 0.05) is 12.1 Å². The lowest BCUT2D eigenvalue weighted by atomic mass is 9.87. The van der Waals surface area contributed by atoms with Crippen LogP contribution in [-0.2, 0) is 0 Å². The maximum Gasteiger partial charge on any atom is 0.115 e. The summed E-state index contributed by atoms with van der Waals surface area (Å²) < 4.78 is 0. The zero-order valence-corrected chi connectivity index (χ0v) is 16.8. The molecule has 30 heavy (non-hydrogen) atoms. The summed E-state index contributed by atoms with van der Waals surface area (Å²) >= 11 is 0. The van der Waals surface area contributed by atoms with Crippen molar-refractivity contribution < 1.29 is 15.3 Å². The lowest BCUT2D eigenvalue weighted by Crippen LogP contribution is -2.25. The quantitative estimate of drug-likeness (QED) is 0.441. The van der Waals surface area contributed by atoms with Gasteiger partial charge in [-0.25, -0.2) is 0 Å². The Morgan fingerprint density at radius 2 is 1.63 bits per heavy atom. The zero-order valence-electron chi connectivity index (χ0n) is 16.8. The molecule has 0 aliphatic rings. The molecule has 3 atom stereocenters. The monoisotopic (exact) mass is 401 g/mol. The van der Waals surface area contributed by atoms with Crippen LogP contribution in [-0.4, -0.2) is 26.4 Å². The van der Waals surface area contributed by atoms with Crippen LogP contribution in [0, 0.1) is 5.92 Å². The van der Waals surface area contributed by atoms with Gasteiger partial charge in [0.25, 0.3) is 0 Å². The standard InChI is InChI=1S/C26H27NO3/c1-2-23(26(30)20-8-4-3-5-9-20)25(29)16-13-21(24-10-6-7-17-27-24)18-19-11-14-22(28)15-12-19/h2-12,14-15,17-18,23,25-26,28-30H,1,13,16H2/b21-18-/t23-,25-,26-/m1/s1. The van der Waals surface area contributed by atoms with Crippen molar-refractivity contribution in [1.29, 1.82) is 0 Å². The molecule has 0 aliphatic carbocycles. The third-order valence-corrected chi connectivity index (χ3v) is 5.16. The van der Waals surface area contributed by atoms with Crippen molar-refractivity contribution in [1.82, 2.24) is 4.98 Å².